The van der Waals surface area contributed by atoms with Gasteiger partial charge in [-0.2, -0.15) is 0 Å². The third-order valence-corrected chi connectivity index (χ3v) is 5.12. The van der Waals surface area contributed by atoms with E-state index in [0.717, 1.165) is 31.7 Å². The Bertz CT molecular complexity index is 1050. The topological polar surface area (TPSA) is 67.9 Å². The molecule has 0 heterocycles. The highest BCUT2D eigenvalue weighted by Crippen LogP contribution is 2.17. The summed E-state index contributed by atoms with van der Waals surface area (Å²) in [5.41, 5.74) is 1.66. The van der Waals surface area contributed by atoms with E-state index in [4.69, 9.17) is 9.47 Å². The molecule has 0 saturated heterocycles. The first-order valence-corrected chi connectivity index (χ1v) is 11.7. The van der Waals surface area contributed by atoms with Gasteiger partial charge in [-0.05, 0) is 67.4 Å². The molecule has 0 aliphatic carbocycles. The number of nitrogens with zero attached hydrogens (tertiary/aromatic N) is 1. The third-order valence-electron chi connectivity index (χ3n) is 5.12. The Morgan fingerprint density at radius 1 is 0.735 bits per heavy atom. The van der Waals surface area contributed by atoms with Crippen LogP contribution in [0.3, 0.4) is 0 Å². The second-order valence-electron chi connectivity index (χ2n) is 7.86. The van der Waals surface area contributed by atoms with E-state index in [-0.39, 0.29) is 11.8 Å². The molecule has 0 unspecified atom stereocenters. The van der Waals surface area contributed by atoms with Gasteiger partial charge < -0.3 is 19.7 Å². The molecule has 6 heteroatoms. The maximum Gasteiger partial charge on any atom is 0.255 e. The molecule has 178 valence electrons. The van der Waals surface area contributed by atoms with Crippen LogP contribution in [0.5, 0.6) is 11.5 Å². The normalized spacial score (nSPS) is 10.4. The summed E-state index contributed by atoms with van der Waals surface area (Å²) in [5, 5.41) is 2.88. The average molecular weight is 461 g/mol. The predicted molar refractivity (Wildman–Crippen MR) is 135 cm³/mol. The van der Waals surface area contributed by atoms with Crippen molar-refractivity contribution >= 4 is 17.5 Å². The van der Waals surface area contributed by atoms with Crippen molar-refractivity contribution in [2.24, 2.45) is 0 Å². The summed E-state index contributed by atoms with van der Waals surface area (Å²) in [6.45, 7) is 6.37. The Balaban J connectivity index is 1.53. The van der Waals surface area contributed by atoms with Gasteiger partial charge in [0, 0.05) is 29.9 Å². The minimum atomic E-state index is -0.248. The Kier molecular flexibility index (Phi) is 9.52. The third kappa shape index (κ3) is 7.37. The molecule has 3 rings (SSSR count). The van der Waals surface area contributed by atoms with Gasteiger partial charge in [0.25, 0.3) is 11.8 Å². The van der Waals surface area contributed by atoms with Crippen molar-refractivity contribution in [2.75, 3.05) is 31.6 Å². The molecular weight excluding hydrogens is 428 g/mol. The lowest BCUT2D eigenvalue weighted by Crippen LogP contribution is -2.32. The van der Waals surface area contributed by atoms with E-state index in [1.165, 1.54) is 0 Å². The van der Waals surface area contributed by atoms with E-state index in [1.54, 1.807) is 48.5 Å². The number of amides is 2. The van der Waals surface area contributed by atoms with Crippen LogP contribution >= 0.6 is 0 Å². The molecule has 2 amide bonds. The van der Waals surface area contributed by atoms with Gasteiger partial charge in [-0.3, -0.25) is 9.59 Å². The number of nitrogens with one attached hydrogen (secondary N) is 1. The summed E-state index contributed by atoms with van der Waals surface area (Å²) >= 11 is 0. The quantitative estimate of drug-likeness (QED) is 0.354. The molecule has 0 aliphatic rings. The average Bonchev–Trinajstić information content (AvgIpc) is 2.87. The van der Waals surface area contributed by atoms with Crippen molar-refractivity contribution in [3.8, 4) is 11.5 Å². The lowest BCUT2D eigenvalue weighted by molar-refractivity contribution is 0.0755. The molecule has 1 N–H and O–H groups in total. The first-order valence-electron chi connectivity index (χ1n) is 11.7. The maximum atomic E-state index is 12.8. The Morgan fingerprint density at radius 3 is 1.97 bits per heavy atom. The van der Waals surface area contributed by atoms with Gasteiger partial charge >= 0.3 is 0 Å². The fourth-order valence-corrected chi connectivity index (χ4v) is 3.51. The summed E-state index contributed by atoms with van der Waals surface area (Å²) in [6.07, 6.45) is 1.81. The van der Waals surface area contributed by atoms with Crippen LogP contribution < -0.4 is 14.8 Å². The number of carbonyl (C=O) groups is 2. The molecule has 0 aliphatic heterocycles. The van der Waals surface area contributed by atoms with Crippen molar-refractivity contribution in [1.29, 1.82) is 0 Å². The van der Waals surface area contributed by atoms with E-state index in [2.05, 4.69) is 19.2 Å². The molecule has 6 nitrogen and oxygen atoms in total. The molecule has 0 radical (unpaired) electrons. The molecule has 0 saturated carbocycles. The number of carbonyl (C=O) groups excluding carboxylic acids is 2. The van der Waals surface area contributed by atoms with Crippen LogP contribution in [0.15, 0.2) is 78.9 Å². The summed E-state index contributed by atoms with van der Waals surface area (Å²) in [7, 11) is 0. The molecule has 0 atom stereocenters. The monoisotopic (exact) mass is 460 g/mol. The van der Waals surface area contributed by atoms with Gasteiger partial charge in [-0.1, -0.05) is 38.1 Å². The SMILES string of the molecule is CCCN(CCC)C(=O)c1cccc(NC(=O)c2ccc(OCCOc3ccccc3)cc2)c1. The summed E-state index contributed by atoms with van der Waals surface area (Å²) in [5.74, 6) is 1.19. The van der Waals surface area contributed by atoms with Crippen molar-refractivity contribution in [2.45, 2.75) is 26.7 Å². The van der Waals surface area contributed by atoms with Gasteiger partial charge in [-0.15, -0.1) is 0 Å². The number of benzene rings is 3. The zero-order valence-electron chi connectivity index (χ0n) is 19.8. The Hall–Kier alpha value is -3.80. The minimum absolute atomic E-state index is 0.0162. The summed E-state index contributed by atoms with van der Waals surface area (Å²) in [6, 6.07) is 23.6. The number of hydrogen-bond donors (Lipinski definition) is 1. The van der Waals surface area contributed by atoms with Crippen LogP contribution in [-0.2, 0) is 0 Å². The number of anilines is 1. The lowest BCUT2D eigenvalue weighted by Gasteiger charge is -2.21. The van der Waals surface area contributed by atoms with Crippen LogP contribution in [0.1, 0.15) is 47.4 Å². The standard InChI is InChI=1S/C28H32N2O4/c1-3-17-30(18-4-2)28(32)23-9-8-10-24(21-23)29-27(31)22-13-15-26(16-14-22)34-20-19-33-25-11-6-5-7-12-25/h5-16,21H,3-4,17-20H2,1-2H3,(H,29,31). The van der Waals surface area contributed by atoms with Crippen LogP contribution in [0, 0.1) is 0 Å². The largest absolute Gasteiger partial charge is 0.490 e. The summed E-state index contributed by atoms with van der Waals surface area (Å²) in [4.78, 5) is 27.4. The summed E-state index contributed by atoms with van der Waals surface area (Å²) < 4.78 is 11.3. The highest BCUT2D eigenvalue weighted by molar-refractivity contribution is 6.05. The van der Waals surface area contributed by atoms with Crippen molar-refractivity contribution in [3.63, 3.8) is 0 Å². The molecule has 3 aromatic rings. The molecule has 3 aromatic carbocycles. The second-order valence-corrected chi connectivity index (χ2v) is 7.86. The molecule has 0 bridgehead atoms. The maximum absolute atomic E-state index is 12.8. The van der Waals surface area contributed by atoms with E-state index >= 15 is 0 Å². The zero-order chi connectivity index (χ0) is 24.2. The predicted octanol–water partition coefficient (Wildman–Crippen LogP) is 5.66. The highest BCUT2D eigenvalue weighted by atomic mass is 16.5. The van der Waals surface area contributed by atoms with Crippen LogP contribution in [0.2, 0.25) is 0 Å². The number of rotatable bonds is 12. The van der Waals surface area contributed by atoms with Crippen LogP contribution in [-0.4, -0.2) is 43.0 Å². The zero-order valence-corrected chi connectivity index (χ0v) is 19.8. The number of hydrogen-bond acceptors (Lipinski definition) is 4. The molecule has 0 spiro atoms. The van der Waals surface area contributed by atoms with E-state index in [0.29, 0.717) is 35.8 Å². The molecule has 34 heavy (non-hydrogen) atoms. The minimum Gasteiger partial charge on any atom is -0.490 e. The van der Waals surface area contributed by atoms with Gasteiger partial charge in [0.2, 0.25) is 0 Å². The fourth-order valence-electron chi connectivity index (χ4n) is 3.51. The van der Waals surface area contributed by atoms with Crippen molar-refractivity contribution in [1.82, 2.24) is 4.90 Å². The van der Waals surface area contributed by atoms with E-state index < -0.39 is 0 Å². The molecular formula is C28H32N2O4. The second kappa shape index (κ2) is 13.0. The molecule has 0 fully saturated rings. The first kappa shape index (κ1) is 24.8. The van der Waals surface area contributed by atoms with Gasteiger partial charge in [0.15, 0.2) is 0 Å². The van der Waals surface area contributed by atoms with Gasteiger partial charge in [-0.25, -0.2) is 0 Å². The first-order chi connectivity index (χ1) is 16.6. The van der Waals surface area contributed by atoms with E-state index in [9.17, 15) is 9.59 Å². The number of para-hydroxylation sites is 1. The van der Waals surface area contributed by atoms with Gasteiger partial charge in [0.05, 0.1) is 0 Å². The lowest BCUT2D eigenvalue weighted by atomic mass is 10.1. The van der Waals surface area contributed by atoms with Crippen LogP contribution in [0.4, 0.5) is 5.69 Å². The van der Waals surface area contributed by atoms with Crippen molar-refractivity contribution < 1.29 is 19.1 Å². The van der Waals surface area contributed by atoms with Gasteiger partial charge in [0.1, 0.15) is 24.7 Å². The number of ether oxygens (including phenoxy) is 2. The smallest absolute Gasteiger partial charge is 0.255 e. The van der Waals surface area contributed by atoms with E-state index in [1.807, 2.05) is 35.2 Å². The highest BCUT2D eigenvalue weighted by Gasteiger charge is 2.15. The Morgan fingerprint density at radius 2 is 1.35 bits per heavy atom. The molecule has 0 aromatic heterocycles. The van der Waals surface area contributed by atoms with Crippen molar-refractivity contribution in [3.05, 3.63) is 90.0 Å². The Labute approximate surface area is 201 Å². The fraction of sp³-hybridized carbons (Fsp3) is 0.286. The van der Waals surface area contributed by atoms with Crippen LogP contribution in [0.25, 0.3) is 0 Å².